The van der Waals surface area contributed by atoms with E-state index in [1.807, 2.05) is 12.1 Å². The zero-order valence-corrected chi connectivity index (χ0v) is 11.6. The lowest BCUT2D eigenvalue weighted by molar-refractivity contribution is -0.122. The van der Waals surface area contributed by atoms with E-state index in [1.165, 1.54) is 5.56 Å². The fourth-order valence-corrected chi connectivity index (χ4v) is 3.33. The zero-order valence-electron chi connectivity index (χ0n) is 11.6. The molecule has 1 aromatic rings. The summed E-state index contributed by atoms with van der Waals surface area (Å²) < 4.78 is 0. The van der Waals surface area contributed by atoms with Crippen LogP contribution in [-0.4, -0.2) is 30.2 Å². The second kappa shape index (κ2) is 5.94. The number of nitrogens with one attached hydrogen (secondary N) is 2. The van der Waals surface area contributed by atoms with E-state index in [0.29, 0.717) is 19.0 Å². The number of carbonyl (C=O) groups is 1. The molecule has 108 valence electrons. The lowest BCUT2D eigenvalue weighted by Crippen LogP contribution is -2.40. The molecule has 3 unspecified atom stereocenters. The van der Waals surface area contributed by atoms with Gasteiger partial charge in [0, 0.05) is 19.6 Å². The van der Waals surface area contributed by atoms with Gasteiger partial charge < -0.3 is 15.7 Å². The highest BCUT2D eigenvalue weighted by Crippen LogP contribution is 2.26. The predicted octanol–water partition coefficient (Wildman–Crippen LogP) is 1.15. The van der Waals surface area contributed by atoms with E-state index in [0.717, 1.165) is 31.4 Å². The SMILES string of the molecule is O=C(NCC1CCC(O)C1)C1CNCc2ccccc21. The lowest BCUT2D eigenvalue weighted by atomic mass is 9.90. The Bertz CT molecular complexity index is 489. The van der Waals surface area contributed by atoms with Gasteiger partial charge in [0.2, 0.25) is 5.91 Å². The van der Waals surface area contributed by atoms with E-state index in [9.17, 15) is 9.90 Å². The van der Waals surface area contributed by atoms with Crippen LogP contribution in [0, 0.1) is 5.92 Å². The summed E-state index contributed by atoms with van der Waals surface area (Å²) in [6.45, 7) is 2.24. The molecule has 0 radical (unpaired) electrons. The number of carbonyl (C=O) groups excluding carboxylic acids is 1. The highest BCUT2D eigenvalue weighted by molar-refractivity contribution is 5.84. The van der Waals surface area contributed by atoms with Crippen LogP contribution >= 0.6 is 0 Å². The third-order valence-electron chi connectivity index (χ3n) is 4.49. The molecule has 1 aliphatic heterocycles. The molecule has 3 atom stereocenters. The maximum atomic E-state index is 12.4. The number of rotatable bonds is 3. The second-order valence-electron chi connectivity index (χ2n) is 5.96. The Hall–Kier alpha value is -1.39. The van der Waals surface area contributed by atoms with E-state index in [1.54, 1.807) is 0 Å². The zero-order chi connectivity index (χ0) is 13.9. The Morgan fingerprint density at radius 3 is 3.00 bits per heavy atom. The highest BCUT2D eigenvalue weighted by Gasteiger charge is 2.28. The molecule has 2 aliphatic rings. The molecule has 0 aromatic heterocycles. The quantitative estimate of drug-likeness (QED) is 0.775. The number of fused-ring (bicyclic) bond motifs is 1. The molecule has 1 amide bonds. The minimum Gasteiger partial charge on any atom is -0.393 e. The van der Waals surface area contributed by atoms with Gasteiger partial charge in [-0.2, -0.15) is 0 Å². The summed E-state index contributed by atoms with van der Waals surface area (Å²) in [4.78, 5) is 12.4. The summed E-state index contributed by atoms with van der Waals surface area (Å²) in [7, 11) is 0. The van der Waals surface area contributed by atoms with Crippen molar-refractivity contribution in [2.45, 2.75) is 37.8 Å². The van der Waals surface area contributed by atoms with E-state index >= 15 is 0 Å². The number of benzene rings is 1. The van der Waals surface area contributed by atoms with Gasteiger partial charge in [-0.3, -0.25) is 4.79 Å². The Labute approximate surface area is 119 Å². The number of aliphatic hydroxyl groups excluding tert-OH is 1. The topological polar surface area (TPSA) is 61.4 Å². The molecule has 3 rings (SSSR count). The van der Waals surface area contributed by atoms with Crippen LogP contribution in [0.3, 0.4) is 0 Å². The van der Waals surface area contributed by atoms with Crippen molar-refractivity contribution in [2.75, 3.05) is 13.1 Å². The maximum Gasteiger partial charge on any atom is 0.228 e. The van der Waals surface area contributed by atoms with Crippen LogP contribution in [0.2, 0.25) is 0 Å². The van der Waals surface area contributed by atoms with Crippen LogP contribution in [0.1, 0.15) is 36.3 Å². The van der Waals surface area contributed by atoms with Crippen molar-refractivity contribution in [3.63, 3.8) is 0 Å². The fraction of sp³-hybridized carbons (Fsp3) is 0.562. The molecule has 0 bridgehead atoms. The summed E-state index contributed by atoms with van der Waals surface area (Å²) in [5.41, 5.74) is 2.37. The Kier molecular flexibility index (Phi) is 4.03. The van der Waals surface area contributed by atoms with Gasteiger partial charge in [-0.1, -0.05) is 24.3 Å². The first-order valence-electron chi connectivity index (χ1n) is 7.48. The van der Waals surface area contributed by atoms with Crippen LogP contribution < -0.4 is 10.6 Å². The molecule has 1 aromatic carbocycles. The van der Waals surface area contributed by atoms with Crippen molar-refractivity contribution in [3.8, 4) is 0 Å². The number of hydrogen-bond acceptors (Lipinski definition) is 3. The minimum atomic E-state index is -0.172. The van der Waals surface area contributed by atoms with Crippen LogP contribution in [-0.2, 0) is 11.3 Å². The van der Waals surface area contributed by atoms with Crippen molar-refractivity contribution in [1.29, 1.82) is 0 Å². The third kappa shape index (κ3) is 2.86. The van der Waals surface area contributed by atoms with Gasteiger partial charge in [-0.25, -0.2) is 0 Å². The van der Waals surface area contributed by atoms with Crippen molar-refractivity contribution in [2.24, 2.45) is 5.92 Å². The van der Waals surface area contributed by atoms with Crippen LogP contribution in [0.15, 0.2) is 24.3 Å². The lowest BCUT2D eigenvalue weighted by Gasteiger charge is -2.26. The van der Waals surface area contributed by atoms with Gasteiger partial charge in [0.1, 0.15) is 0 Å². The molecule has 4 nitrogen and oxygen atoms in total. The molecule has 1 fully saturated rings. The maximum absolute atomic E-state index is 12.4. The van der Waals surface area contributed by atoms with E-state index in [-0.39, 0.29) is 17.9 Å². The first kappa shape index (κ1) is 13.6. The molecule has 3 N–H and O–H groups in total. The standard InChI is InChI=1S/C16H22N2O2/c19-13-6-5-11(7-13)8-18-16(20)15-10-17-9-12-3-1-2-4-14(12)15/h1-4,11,13,15,17,19H,5-10H2,(H,18,20). The summed E-state index contributed by atoms with van der Waals surface area (Å²) >= 11 is 0. The Morgan fingerprint density at radius 2 is 2.20 bits per heavy atom. The molecule has 0 spiro atoms. The summed E-state index contributed by atoms with van der Waals surface area (Å²) in [5, 5.41) is 15.9. The van der Waals surface area contributed by atoms with Gasteiger partial charge >= 0.3 is 0 Å². The van der Waals surface area contributed by atoms with Gasteiger partial charge in [0.05, 0.1) is 12.0 Å². The summed E-state index contributed by atoms with van der Waals surface area (Å²) in [6.07, 6.45) is 2.53. The molecule has 20 heavy (non-hydrogen) atoms. The Balaban J connectivity index is 1.60. The van der Waals surface area contributed by atoms with Crippen molar-refractivity contribution in [1.82, 2.24) is 10.6 Å². The Morgan fingerprint density at radius 1 is 1.35 bits per heavy atom. The van der Waals surface area contributed by atoms with Gasteiger partial charge in [-0.15, -0.1) is 0 Å². The van der Waals surface area contributed by atoms with Gasteiger partial charge in [0.25, 0.3) is 0 Å². The monoisotopic (exact) mass is 274 g/mol. The summed E-state index contributed by atoms with van der Waals surface area (Å²) in [6, 6.07) is 8.15. The smallest absolute Gasteiger partial charge is 0.228 e. The van der Waals surface area contributed by atoms with Crippen molar-refractivity contribution >= 4 is 5.91 Å². The first-order chi connectivity index (χ1) is 9.74. The van der Waals surface area contributed by atoms with Crippen molar-refractivity contribution in [3.05, 3.63) is 35.4 Å². The predicted molar refractivity (Wildman–Crippen MR) is 77.2 cm³/mol. The summed E-state index contributed by atoms with van der Waals surface area (Å²) in [5.74, 6) is 0.443. The van der Waals surface area contributed by atoms with E-state index < -0.39 is 0 Å². The molecule has 4 heteroatoms. The molecule has 1 saturated carbocycles. The van der Waals surface area contributed by atoms with Gasteiger partial charge in [-0.05, 0) is 36.3 Å². The van der Waals surface area contributed by atoms with Crippen LogP contribution in [0.25, 0.3) is 0 Å². The number of amides is 1. The average molecular weight is 274 g/mol. The molecular weight excluding hydrogens is 252 g/mol. The molecular formula is C16H22N2O2. The molecule has 1 heterocycles. The average Bonchev–Trinajstić information content (AvgIpc) is 2.90. The third-order valence-corrected chi connectivity index (χ3v) is 4.49. The molecule has 1 aliphatic carbocycles. The minimum absolute atomic E-state index is 0.0914. The largest absolute Gasteiger partial charge is 0.393 e. The van der Waals surface area contributed by atoms with E-state index in [2.05, 4.69) is 22.8 Å². The van der Waals surface area contributed by atoms with Crippen molar-refractivity contribution < 1.29 is 9.90 Å². The van der Waals surface area contributed by atoms with Crippen LogP contribution in [0.5, 0.6) is 0 Å². The fourth-order valence-electron chi connectivity index (χ4n) is 3.33. The highest BCUT2D eigenvalue weighted by atomic mass is 16.3. The molecule has 0 saturated heterocycles. The van der Waals surface area contributed by atoms with Gasteiger partial charge in [0.15, 0.2) is 0 Å². The number of hydrogen-bond donors (Lipinski definition) is 3. The first-order valence-corrected chi connectivity index (χ1v) is 7.48. The van der Waals surface area contributed by atoms with Crippen LogP contribution in [0.4, 0.5) is 0 Å². The van der Waals surface area contributed by atoms with E-state index in [4.69, 9.17) is 0 Å². The number of aliphatic hydroxyl groups is 1. The normalized spacial score (nSPS) is 28.9. The second-order valence-corrected chi connectivity index (χ2v) is 5.96.